The first-order chi connectivity index (χ1) is 9.43. The molecule has 0 aromatic heterocycles. The van der Waals surface area contributed by atoms with E-state index in [0.717, 1.165) is 12.0 Å². The zero-order valence-corrected chi connectivity index (χ0v) is 12.1. The molecule has 0 amide bonds. The van der Waals surface area contributed by atoms with Gasteiger partial charge in [-0.05, 0) is 63.1 Å². The molecule has 2 fully saturated rings. The molecular weight excluding hydrogens is 230 g/mol. The van der Waals surface area contributed by atoms with Crippen molar-refractivity contribution in [1.29, 1.82) is 0 Å². The van der Waals surface area contributed by atoms with Gasteiger partial charge in [-0.25, -0.2) is 0 Å². The normalized spacial score (nSPS) is 28.0. The Kier molecular flexibility index (Phi) is 4.55. The van der Waals surface area contributed by atoms with E-state index in [2.05, 4.69) is 35.2 Å². The number of benzene rings is 1. The van der Waals surface area contributed by atoms with Crippen LogP contribution in [0, 0.1) is 5.92 Å². The number of hydrogen-bond donors (Lipinski definition) is 0. The fourth-order valence-corrected chi connectivity index (χ4v) is 4.14. The first-order valence-corrected chi connectivity index (χ1v) is 8.21. The summed E-state index contributed by atoms with van der Waals surface area (Å²) in [5.74, 6) is 1.03. The highest BCUT2D eigenvalue weighted by atomic mass is 15.2. The van der Waals surface area contributed by atoms with E-state index >= 15 is 0 Å². The average molecular weight is 257 g/mol. The molecule has 2 unspecified atom stereocenters. The van der Waals surface area contributed by atoms with Crippen LogP contribution in [0.5, 0.6) is 0 Å². The van der Waals surface area contributed by atoms with Crippen LogP contribution < -0.4 is 0 Å². The Morgan fingerprint density at radius 1 is 0.947 bits per heavy atom. The van der Waals surface area contributed by atoms with Gasteiger partial charge in [-0.3, -0.25) is 0 Å². The Labute approximate surface area is 118 Å². The lowest BCUT2D eigenvalue weighted by atomic mass is 9.78. The molecule has 0 bridgehead atoms. The molecule has 1 aromatic carbocycles. The predicted molar refractivity (Wildman–Crippen MR) is 81.3 cm³/mol. The number of rotatable bonds is 4. The zero-order chi connectivity index (χ0) is 12.9. The van der Waals surface area contributed by atoms with E-state index in [-0.39, 0.29) is 0 Å². The Morgan fingerprint density at radius 2 is 1.74 bits per heavy atom. The van der Waals surface area contributed by atoms with Crippen LogP contribution in [0.3, 0.4) is 0 Å². The molecule has 104 valence electrons. The summed E-state index contributed by atoms with van der Waals surface area (Å²) in [5.41, 5.74) is 1.50. The summed E-state index contributed by atoms with van der Waals surface area (Å²) in [7, 11) is 0. The second-order valence-electron chi connectivity index (χ2n) is 6.38. The average Bonchev–Trinajstić information content (AvgIpc) is 2.49. The minimum atomic E-state index is 0.929. The molecule has 0 N–H and O–H groups in total. The van der Waals surface area contributed by atoms with Gasteiger partial charge in [-0.15, -0.1) is 0 Å². The summed E-state index contributed by atoms with van der Waals surface area (Å²) in [6.45, 7) is 2.67. The molecule has 1 saturated heterocycles. The van der Waals surface area contributed by atoms with Crippen LogP contribution in [0.25, 0.3) is 0 Å². The molecule has 0 radical (unpaired) electrons. The molecule has 3 rings (SSSR count). The maximum absolute atomic E-state index is 2.82. The lowest BCUT2D eigenvalue weighted by Crippen LogP contribution is -2.47. The van der Waals surface area contributed by atoms with E-state index in [1.54, 1.807) is 0 Å². The summed E-state index contributed by atoms with van der Waals surface area (Å²) in [6, 6.07) is 11.9. The molecule has 1 heterocycles. The zero-order valence-electron chi connectivity index (χ0n) is 12.1. The number of likely N-dealkylation sites (tertiary alicyclic amines) is 1. The van der Waals surface area contributed by atoms with Crippen molar-refractivity contribution >= 4 is 0 Å². The number of fused-ring (bicyclic) bond motifs is 1. The predicted octanol–water partition coefficient (Wildman–Crippen LogP) is 4.27. The highest BCUT2D eigenvalue weighted by molar-refractivity contribution is 5.14. The van der Waals surface area contributed by atoms with Crippen molar-refractivity contribution in [2.75, 3.05) is 13.1 Å². The molecule has 1 saturated carbocycles. The molecule has 2 atom stereocenters. The van der Waals surface area contributed by atoms with Gasteiger partial charge in [0.05, 0.1) is 0 Å². The van der Waals surface area contributed by atoms with Crippen molar-refractivity contribution < 1.29 is 0 Å². The van der Waals surface area contributed by atoms with Crippen molar-refractivity contribution in [3.05, 3.63) is 35.9 Å². The third kappa shape index (κ3) is 3.39. The minimum absolute atomic E-state index is 0.929. The molecule has 1 aliphatic heterocycles. The van der Waals surface area contributed by atoms with E-state index in [0.29, 0.717) is 0 Å². The van der Waals surface area contributed by atoms with E-state index in [9.17, 15) is 0 Å². The van der Waals surface area contributed by atoms with Gasteiger partial charge in [0.1, 0.15) is 0 Å². The third-order valence-corrected chi connectivity index (χ3v) is 5.11. The van der Waals surface area contributed by atoms with E-state index < -0.39 is 0 Å². The molecular formula is C18H27N. The van der Waals surface area contributed by atoms with Gasteiger partial charge in [-0.2, -0.15) is 0 Å². The molecule has 1 heteroatoms. The van der Waals surface area contributed by atoms with Crippen LogP contribution in [-0.2, 0) is 6.42 Å². The topological polar surface area (TPSA) is 3.24 Å². The molecule has 1 aromatic rings. The van der Waals surface area contributed by atoms with Crippen LogP contribution >= 0.6 is 0 Å². The number of piperidine rings is 1. The highest BCUT2D eigenvalue weighted by Gasteiger charge is 2.32. The minimum Gasteiger partial charge on any atom is -0.300 e. The number of nitrogens with zero attached hydrogens (tertiary/aromatic N) is 1. The van der Waals surface area contributed by atoms with E-state index in [4.69, 9.17) is 0 Å². The summed E-state index contributed by atoms with van der Waals surface area (Å²) in [5, 5.41) is 0. The number of aryl methyl sites for hydroxylation is 1. The van der Waals surface area contributed by atoms with Crippen LogP contribution in [-0.4, -0.2) is 24.0 Å². The van der Waals surface area contributed by atoms with Gasteiger partial charge in [0, 0.05) is 6.04 Å². The van der Waals surface area contributed by atoms with Crippen molar-refractivity contribution in [2.24, 2.45) is 5.92 Å². The second kappa shape index (κ2) is 6.56. The van der Waals surface area contributed by atoms with Crippen LogP contribution in [0.1, 0.15) is 50.5 Å². The van der Waals surface area contributed by atoms with E-state index in [1.165, 1.54) is 70.0 Å². The Bertz CT molecular complexity index is 371. The van der Waals surface area contributed by atoms with Gasteiger partial charge in [0.25, 0.3) is 0 Å². The molecule has 1 nitrogen and oxygen atoms in total. The van der Waals surface area contributed by atoms with Crippen LogP contribution in [0.4, 0.5) is 0 Å². The molecule has 0 spiro atoms. The van der Waals surface area contributed by atoms with Gasteiger partial charge in [-0.1, -0.05) is 43.2 Å². The Morgan fingerprint density at radius 3 is 2.63 bits per heavy atom. The second-order valence-corrected chi connectivity index (χ2v) is 6.38. The fourth-order valence-electron chi connectivity index (χ4n) is 4.14. The van der Waals surface area contributed by atoms with Gasteiger partial charge < -0.3 is 4.90 Å². The van der Waals surface area contributed by atoms with Gasteiger partial charge in [0.15, 0.2) is 0 Å². The summed E-state index contributed by atoms with van der Waals surface area (Å²) >= 11 is 0. The lowest BCUT2D eigenvalue weighted by molar-refractivity contribution is 0.0602. The van der Waals surface area contributed by atoms with Crippen molar-refractivity contribution in [3.63, 3.8) is 0 Å². The summed E-state index contributed by atoms with van der Waals surface area (Å²) < 4.78 is 0. The van der Waals surface area contributed by atoms with E-state index in [1.807, 2.05) is 0 Å². The third-order valence-electron chi connectivity index (χ3n) is 5.11. The summed E-state index contributed by atoms with van der Waals surface area (Å²) in [4.78, 5) is 2.82. The summed E-state index contributed by atoms with van der Waals surface area (Å²) in [6.07, 6.45) is 11.4. The lowest BCUT2D eigenvalue weighted by Gasteiger charge is -2.44. The monoisotopic (exact) mass is 257 g/mol. The maximum atomic E-state index is 2.82. The highest BCUT2D eigenvalue weighted by Crippen LogP contribution is 2.35. The standard InChI is InChI=1S/C18H27N/c1-2-8-16(9-3-1)10-6-14-19-15-7-12-17-11-4-5-13-18(17)19/h1-3,8-9,17-18H,4-7,10-15H2. The Hall–Kier alpha value is -0.820. The quantitative estimate of drug-likeness (QED) is 0.778. The van der Waals surface area contributed by atoms with Gasteiger partial charge in [0.2, 0.25) is 0 Å². The van der Waals surface area contributed by atoms with Crippen molar-refractivity contribution in [3.8, 4) is 0 Å². The molecule has 2 aliphatic rings. The number of hydrogen-bond acceptors (Lipinski definition) is 1. The van der Waals surface area contributed by atoms with Crippen LogP contribution in [0.15, 0.2) is 30.3 Å². The largest absolute Gasteiger partial charge is 0.300 e. The van der Waals surface area contributed by atoms with Crippen molar-refractivity contribution in [2.45, 2.75) is 57.4 Å². The fraction of sp³-hybridized carbons (Fsp3) is 0.667. The van der Waals surface area contributed by atoms with Crippen molar-refractivity contribution in [1.82, 2.24) is 4.90 Å². The molecule has 1 aliphatic carbocycles. The molecule has 19 heavy (non-hydrogen) atoms. The smallest absolute Gasteiger partial charge is 0.0123 e. The Balaban J connectivity index is 1.49. The van der Waals surface area contributed by atoms with Crippen LogP contribution in [0.2, 0.25) is 0 Å². The van der Waals surface area contributed by atoms with Gasteiger partial charge >= 0.3 is 0 Å². The first kappa shape index (κ1) is 13.2. The SMILES string of the molecule is c1ccc(CCCN2CCCC3CCCCC32)cc1. The maximum Gasteiger partial charge on any atom is 0.0123 e. The first-order valence-electron chi connectivity index (χ1n) is 8.21.